The predicted octanol–water partition coefficient (Wildman–Crippen LogP) is 4.38. The number of hydrogen-bond acceptors (Lipinski definition) is 4. The molecule has 0 heterocycles. The van der Waals surface area contributed by atoms with Gasteiger partial charge < -0.3 is 10.1 Å². The van der Waals surface area contributed by atoms with Crippen LogP contribution in [0.4, 0.5) is 11.4 Å². The minimum Gasteiger partial charge on any atom is -0.494 e. The SMILES string of the molecule is CCS(=O)(=O)Nc1ccc(NC(=O)c2ccc(-c3ccccc3)cc2)cc1OC. The number of carbonyl (C=O) groups is 1. The van der Waals surface area contributed by atoms with Crippen molar-refractivity contribution in [2.24, 2.45) is 0 Å². The first kappa shape index (κ1) is 20.4. The summed E-state index contributed by atoms with van der Waals surface area (Å²) in [6.07, 6.45) is 0. The van der Waals surface area contributed by atoms with Crippen LogP contribution in [0.15, 0.2) is 72.8 Å². The van der Waals surface area contributed by atoms with E-state index in [0.717, 1.165) is 11.1 Å². The van der Waals surface area contributed by atoms with Crippen LogP contribution in [0, 0.1) is 0 Å². The highest BCUT2D eigenvalue weighted by atomic mass is 32.2. The van der Waals surface area contributed by atoms with Gasteiger partial charge in [0.1, 0.15) is 5.75 Å². The Bertz CT molecular complexity index is 1100. The first-order valence-corrected chi connectivity index (χ1v) is 10.7. The minimum absolute atomic E-state index is 0.0480. The summed E-state index contributed by atoms with van der Waals surface area (Å²) in [4.78, 5) is 12.6. The number of nitrogens with one attached hydrogen (secondary N) is 2. The maximum atomic E-state index is 12.6. The van der Waals surface area contributed by atoms with E-state index in [4.69, 9.17) is 4.74 Å². The van der Waals surface area contributed by atoms with Gasteiger partial charge in [0.25, 0.3) is 5.91 Å². The third-order valence-corrected chi connectivity index (χ3v) is 5.65. The molecule has 3 aromatic rings. The Balaban J connectivity index is 1.75. The first-order chi connectivity index (χ1) is 13.9. The molecule has 0 unspecified atom stereocenters. The zero-order valence-corrected chi connectivity index (χ0v) is 17.0. The maximum absolute atomic E-state index is 12.6. The van der Waals surface area contributed by atoms with Crippen molar-refractivity contribution >= 4 is 27.3 Å². The molecule has 1 amide bonds. The molecule has 0 saturated heterocycles. The third-order valence-electron chi connectivity index (χ3n) is 4.36. The van der Waals surface area contributed by atoms with Crippen LogP contribution in [0.25, 0.3) is 11.1 Å². The molecule has 0 aliphatic rings. The van der Waals surface area contributed by atoms with Crippen LogP contribution >= 0.6 is 0 Å². The van der Waals surface area contributed by atoms with Gasteiger partial charge in [-0.05, 0) is 42.3 Å². The van der Waals surface area contributed by atoms with Gasteiger partial charge in [-0.2, -0.15) is 0 Å². The standard InChI is InChI=1S/C22H22N2O4S/c1-3-29(26,27)24-20-14-13-19(15-21(20)28-2)23-22(25)18-11-9-17(10-12-18)16-7-5-4-6-8-16/h4-15,24H,3H2,1-2H3,(H,23,25). The van der Waals surface area contributed by atoms with E-state index in [0.29, 0.717) is 22.7 Å². The van der Waals surface area contributed by atoms with E-state index in [9.17, 15) is 13.2 Å². The van der Waals surface area contributed by atoms with Crippen LogP contribution in [-0.4, -0.2) is 27.2 Å². The normalized spacial score (nSPS) is 11.0. The van der Waals surface area contributed by atoms with Crippen molar-refractivity contribution in [3.63, 3.8) is 0 Å². The fourth-order valence-electron chi connectivity index (χ4n) is 2.74. The Morgan fingerprint density at radius 1 is 0.931 bits per heavy atom. The van der Waals surface area contributed by atoms with Crippen molar-refractivity contribution in [3.05, 3.63) is 78.4 Å². The molecule has 0 aliphatic carbocycles. The van der Waals surface area contributed by atoms with Gasteiger partial charge in [-0.1, -0.05) is 42.5 Å². The van der Waals surface area contributed by atoms with Gasteiger partial charge in [0.2, 0.25) is 10.0 Å². The van der Waals surface area contributed by atoms with E-state index in [1.54, 1.807) is 37.3 Å². The van der Waals surface area contributed by atoms with Gasteiger partial charge in [0, 0.05) is 17.3 Å². The lowest BCUT2D eigenvalue weighted by atomic mass is 10.0. The molecule has 0 atom stereocenters. The quantitative estimate of drug-likeness (QED) is 0.606. The molecule has 7 heteroatoms. The summed E-state index contributed by atoms with van der Waals surface area (Å²) in [6, 6.07) is 22.0. The molecule has 3 rings (SSSR count). The molecule has 2 N–H and O–H groups in total. The molecule has 0 aliphatic heterocycles. The second kappa shape index (κ2) is 8.79. The Morgan fingerprint density at radius 3 is 2.21 bits per heavy atom. The molecule has 0 spiro atoms. The van der Waals surface area contributed by atoms with Crippen molar-refractivity contribution in [1.82, 2.24) is 0 Å². The highest BCUT2D eigenvalue weighted by molar-refractivity contribution is 7.92. The molecule has 0 radical (unpaired) electrons. The number of rotatable bonds is 7. The zero-order valence-electron chi connectivity index (χ0n) is 16.2. The minimum atomic E-state index is -3.43. The number of ether oxygens (including phenoxy) is 1. The van der Waals surface area contributed by atoms with Gasteiger partial charge in [-0.15, -0.1) is 0 Å². The van der Waals surface area contributed by atoms with Crippen LogP contribution in [-0.2, 0) is 10.0 Å². The molecular weight excluding hydrogens is 388 g/mol. The van der Waals surface area contributed by atoms with Crippen LogP contribution < -0.4 is 14.8 Å². The van der Waals surface area contributed by atoms with Crippen molar-refractivity contribution in [2.45, 2.75) is 6.92 Å². The molecule has 150 valence electrons. The average molecular weight is 410 g/mol. The molecular formula is C22H22N2O4S. The Morgan fingerprint density at radius 2 is 1.59 bits per heavy atom. The molecule has 0 fully saturated rings. The average Bonchev–Trinajstić information content (AvgIpc) is 2.75. The van der Waals surface area contributed by atoms with Crippen molar-refractivity contribution in [1.29, 1.82) is 0 Å². The highest BCUT2D eigenvalue weighted by Crippen LogP contribution is 2.29. The topological polar surface area (TPSA) is 84.5 Å². The smallest absolute Gasteiger partial charge is 0.255 e. The summed E-state index contributed by atoms with van der Waals surface area (Å²) in [5.41, 5.74) is 3.43. The summed E-state index contributed by atoms with van der Waals surface area (Å²) in [6.45, 7) is 1.55. The highest BCUT2D eigenvalue weighted by Gasteiger charge is 2.13. The Hall–Kier alpha value is -3.32. The van der Waals surface area contributed by atoms with Crippen LogP contribution in [0.3, 0.4) is 0 Å². The van der Waals surface area contributed by atoms with E-state index < -0.39 is 10.0 Å². The summed E-state index contributed by atoms with van der Waals surface area (Å²) in [5, 5.41) is 2.80. The summed E-state index contributed by atoms with van der Waals surface area (Å²) in [7, 11) is -1.99. The number of benzene rings is 3. The van der Waals surface area contributed by atoms with Crippen molar-refractivity contribution in [3.8, 4) is 16.9 Å². The Kier molecular flexibility index (Phi) is 6.19. The molecule has 3 aromatic carbocycles. The number of amides is 1. The van der Waals surface area contributed by atoms with Crippen LogP contribution in [0.5, 0.6) is 5.75 Å². The predicted molar refractivity (Wildman–Crippen MR) is 116 cm³/mol. The monoisotopic (exact) mass is 410 g/mol. The van der Waals surface area contributed by atoms with Gasteiger partial charge in [-0.3, -0.25) is 9.52 Å². The van der Waals surface area contributed by atoms with Gasteiger partial charge >= 0.3 is 0 Å². The van der Waals surface area contributed by atoms with E-state index in [1.807, 2.05) is 42.5 Å². The number of hydrogen-bond donors (Lipinski definition) is 2. The maximum Gasteiger partial charge on any atom is 0.255 e. The summed E-state index contributed by atoms with van der Waals surface area (Å²) in [5.74, 6) is 0.000895. The van der Waals surface area contributed by atoms with Gasteiger partial charge in [0.15, 0.2) is 0 Å². The lowest BCUT2D eigenvalue weighted by molar-refractivity contribution is 0.102. The van der Waals surface area contributed by atoms with Gasteiger partial charge in [0.05, 0.1) is 18.6 Å². The second-order valence-corrected chi connectivity index (χ2v) is 8.33. The van der Waals surface area contributed by atoms with E-state index in [-0.39, 0.29) is 11.7 Å². The van der Waals surface area contributed by atoms with E-state index >= 15 is 0 Å². The molecule has 0 bridgehead atoms. The van der Waals surface area contributed by atoms with Crippen LogP contribution in [0.1, 0.15) is 17.3 Å². The fourth-order valence-corrected chi connectivity index (χ4v) is 3.39. The lowest BCUT2D eigenvalue weighted by Gasteiger charge is -2.13. The van der Waals surface area contributed by atoms with E-state index in [2.05, 4.69) is 10.0 Å². The fraction of sp³-hybridized carbons (Fsp3) is 0.136. The first-order valence-electron chi connectivity index (χ1n) is 9.07. The zero-order chi connectivity index (χ0) is 20.9. The second-order valence-electron chi connectivity index (χ2n) is 6.32. The summed E-state index contributed by atoms with van der Waals surface area (Å²) >= 11 is 0. The third kappa shape index (κ3) is 5.14. The number of sulfonamides is 1. The lowest BCUT2D eigenvalue weighted by Crippen LogP contribution is -2.16. The molecule has 29 heavy (non-hydrogen) atoms. The van der Waals surface area contributed by atoms with Crippen LogP contribution in [0.2, 0.25) is 0 Å². The van der Waals surface area contributed by atoms with Gasteiger partial charge in [-0.25, -0.2) is 8.42 Å². The Labute approximate surface area is 170 Å². The molecule has 0 aromatic heterocycles. The van der Waals surface area contributed by atoms with E-state index in [1.165, 1.54) is 7.11 Å². The number of methoxy groups -OCH3 is 1. The molecule has 6 nitrogen and oxygen atoms in total. The summed E-state index contributed by atoms with van der Waals surface area (Å²) < 4.78 is 31.3. The number of carbonyl (C=O) groups excluding carboxylic acids is 1. The van der Waals surface area contributed by atoms with Crippen molar-refractivity contribution < 1.29 is 17.9 Å². The largest absolute Gasteiger partial charge is 0.494 e. The van der Waals surface area contributed by atoms with Crippen molar-refractivity contribution in [2.75, 3.05) is 22.9 Å². The molecule has 0 saturated carbocycles. The number of anilines is 2.